The van der Waals surface area contributed by atoms with Gasteiger partial charge < -0.3 is 15.8 Å². The van der Waals surface area contributed by atoms with Crippen LogP contribution in [0, 0.1) is 0 Å². The van der Waals surface area contributed by atoms with Crippen LogP contribution in [0.3, 0.4) is 0 Å². The van der Waals surface area contributed by atoms with Crippen LogP contribution in [0.2, 0.25) is 0 Å². The summed E-state index contributed by atoms with van der Waals surface area (Å²) in [4.78, 5) is 7.96. The molecule has 0 amide bonds. The second kappa shape index (κ2) is 5.85. The summed E-state index contributed by atoms with van der Waals surface area (Å²) in [6, 6.07) is 1.90. The Labute approximate surface area is 105 Å². The molecule has 2 aromatic rings. The zero-order chi connectivity index (χ0) is 12.8. The van der Waals surface area contributed by atoms with E-state index >= 15 is 0 Å². The Bertz CT molecular complexity index is 484. The highest BCUT2D eigenvalue weighted by atomic mass is 16.5. The van der Waals surface area contributed by atoms with Crippen LogP contribution in [0.4, 0.5) is 11.6 Å². The third kappa shape index (κ3) is 2.88. The number of aromatic nitrogens is 4. The first kappa shape index (κ1) is 12.2. The van der Waals surface area contributed by atoms with Gasteiger partial charge in [-0.2, -0.15) is 5.10 Å². The molecule has 0 aliphatic rings. The van der Waals surface area contributed by atoms with Crippen LogP contribution >= 0.6 is 0 Å². The van der Waals surface area contributed by atoms with E-state index in [-0.39, 0.29) is 0 Å². The summed E-state index contributed by atoms with van der Waals surface area (Å²) in [5.74, 6) is 1.43. The minimum atomic E-state index is 0.335. The Balaban J connectivity index is 1.85. The first-order valence-electron chi connectivity index (χ1n) is 5.67. The fraction of sp³-hybridized carbons (Fsp3) is 0.364. The fourth-order valence-electron chi connectivity index (χ4n) is 1.60. The Morgan fingerprint density at radius 2 is 2.33 bits per heavy atom. The number of hydrogen-bond acceptors (Lipinski definition) is 6. The minimum absolute atomic E-state index is 0.335. The highest BCUT2D eigenvalue weighted by Gasteiger charge is 2.08. The maximum absolute atomic E-state index is 5.68. The lowest BCUT2D eigenvalue weighted by Crippen LogP contribution is -2.10. The van der Waals surface area contributed by atoms with E-state index in [1.165, 1.54) is 6.33 Å². The number of ether oxygens (including phenoxy) is 1. The smallest absolute Gasteiger partial charge is 0.203 e. The van der Waals surface area contributed by atoms with Crippen LogP contribution in [-0.4, -0.2) is 33.4 Å². The van der Waals surface area contributed by atoms with E-state index in [4.69, 9.17) is 10.5 Å². The van der Waals surface area contributed by atoms with Crippen molar-refractivity contribution in [2.24, 2.45) is 0 Å². The van der Waals surface area contributed by atoms with Gasteiger partial charge in [-0.1, -0.05) is 0 Å². The van der Waals surface area contributed by atoms with E-state index in [2.05, 4.69) is 20.4 Å². The van der Waals surface area contributed by atoms with Crippen molar-refractivity contribution in [3.63, 3.8) is 0 Å². The summed E-state index contributed by atoms with van der Waals surface area (Å²) in [7, 11) is 1.55. The molecular formula is C11H16N6O. The van der Waals surface area contributed by atoms with Crippen LogP contribution in [0.1, 0.15) is 6.42 Å². The number of aryl methyl sites for hydroxylation is 1. The molecule has 7 nitrogen and oxygen atoms in total. The van der Waals surface area contributed by atoms with Gasteiger partial charge in [-0.05, 0) is 12.5 Å². The van der Waals surface area contributed by atoms with Crippen LogP contribution in [-0.2, 0) is 6.54 Å². The van der Waals surface area contributed by atoms with Gasteiger partial charge in [-0.15, -0.1) is 0 Å². The molecule has 0 aliphatic carbocycles. The highest BCUT2D eigenvalue weighted by molar-refractivity contribution is 5.61. The molecule has 2 aromatic heterocycles. The Hall–Kier alpha value is -2.31. The van der Waals surface area contributed by atoms with E-state index in [1.54, 1.807) is 13.3 Å². The van der Waals surface area contributed by atoms with Crippen LogP contribution in [0.5, 0.6) is 5.75 Å². The largest absolute Gasteiger partial charge is 0.490 e. The number of nitrogen functional groups attached to an aromatic ring is 1. The summed E-state index contributed by atoms with van der Waals surface area (Å²) in [5, 5.41) is 7.30. The Morgan fingerprint density at radius 3 is 3.06 bits per heavy atom. The van der Waals surface area contributed by atoms with Crippen molar-refractivity contribution in [2.45, 2.75) is 13.0 Å². The van der Waals surface area contributed by atoms with Crippen molar-refractivity contribution in [1.29, 1.82) is 0 Å². The number of hydrogen-bond donors (Lipinski definition) is 2. The molecule has 3 N–H and O–H groups in total. The maximum Gasteiger partial charge on any atom is 0.203 e. The van der Waals surface area contributed by atoms with Gasteiger partial charge in [-0.25, -0.2) is 9.97 Å². The number of rotatable bonds is 6. The highest BCUT2D eigenvalue weighted by Crippen LogP contribution is 2.25. The first-order chi connectivity index (χ1) is 8.81. The van der Waals surface area contributed by atoms with Crippen molar-refractivity contribution in [2.75, 3.05) is 24.7 Å². The van der Waals surface area contributed by atoms with Crippen LogP contribution in [0.15, 0.2) is 24.8 Å². The minimum Gasteiger partial charge on any atom is -0.490 e. The predicted octanol–water partition coefficient (Wildman–Crippen LogP) is 0.766. The molecule has 0 bridgehead atoms. The monoisotopic (exact) mass is 248 g/mol. The molecule has 0 unspecified atom stereocenters. The Kier molecular flexibility index (Phi) is 3.95. The van der Waals surface area contributed by atoms with Gasteiger partial charge >= 0.3 is 0 Å². The zero-order valence-corrected chi connectivity index (χ0v) is 10.2. The van der Waals surface area contributed by atoms with Crippen LogP contribution in [0.25, 0.3) is 0 Å². The van der Waals surface area contributed by atoms with Gasteiger partial charge in [0, 0.05) is 25.5 Å². The van der Waals surface area contributed by atoms with Crippen LogP contribution < -0.4 is 15.8 Å². The normalized spacial score (nSPS) is 10.3. The third-order valence-corrected chi connectivity index (χ3v) is 2.45. The maximum atomic E-state index is 5.68. The standard InChI is InChI=1S/C11H16N6O/c1-18-9-10(12)14-8-15-11(9)13-4-2-6-17-7-3-5-16-17/h3,5,7-8H,2,4,6H2,1H3,(H3,12,13,14,15). The number of anilines is 2. The summed E-state index contributed by atoms with van der Waals surface area (Å²) in [5.41, 5.74) is 5.68. The number of nitrogens with one attached hydrogen (secondary N) is 1. The summed E-state index contributed by atoms with van der Waals surface area (Å²) >= 11 is 0. The molecule has 7 heteroatoms. The van der Waals surface area contributed by atoms with Crippen molar-refractivity contribution in [3.8, 4) is 5.75 Å². The van der Waals surface area contributed by atoms with Gasteiger partial charge in [-0.3, -0.25) is 4.68 Å². The molecule has 0 atom stereocenters. The molecule has 2 rings (SSSR count). The lowest BCUT2D eigenvalue weighted by Gasteiger charge is -2.10. The molecule has 0 radical (unpaired) electrons. The zero-order valence-electron chi connectivity index (χ0n) is 10.2. The van der Waals surface area contributed by atoms with Gasteiger partial charge in [0.2, 0.25) is 5.75 Å². The summed E-state index contributed by atoms with van der Waals surface area (Å²) in [6.45, 7) is 1.61. The molecule has 0 aliphatic heterocycles. The summed E-state index contributed by atoms with van der Waals surface area (Å²) in [6.07, 6.45) is 6.03. The SMILES string of the molecule is COc1c(N)ncnc1NCCCn1cccn1. The van der Waals surface area contributed by atoms with Crippen molar-refractivity contribution >= 4 is 11.6 Å². The van der Waals surface area contributed by atoms with Gasteiger partial charge in [0.05, 0.1) is 7.11 Å². The van der Waals surface area contributed by atoms with Crippen molar-refractivity contribution in [3.05, 3.63) is 24.8 Å². The predicted molar refractivity (Wildman–Crippen MR) is 68.3 cm³/mol. The molecule has 18 heavy (non-hydrogen) atoms. The van der Waals surface area contributed by atoms with Gasteiger partial charge in [0.15, 0.2) is 11.6 Å². The number of methoxy groups -OCH3 is 1. The third-order valence-electron chi connectivity index (χ3n) is 2.45. The Morgan fingerprint density at radius 1 is 1.44 bits per heavy atom. The molecule has 0 saturated carbocycles. The average molecular weight is 248 g/mol. The molecule has 0 spiro atoms. The molecule has 2 heterocycles. The topological polar surface area (TPSA) is 90.9 Å². The molecule has 0 saturated heterocycles. The van der Waals surface area contributed by atoms with Gasteiger partial charge in [0.25, 0.3) is 0 Å². The second-order valence-electron chi connectivity index (χ2n) is 3.69. The summed E-state index contributed by atoms with van der Waals surface area (Å²) < 4.78 is 7.03. The lowest BCUT2D eigenvalue weighted by atomic mass is 10.4. The van der Waals surface area contributed by atoms with E-state index in [0.29, 0.717) is 17.4 Å². The van der Waals surface area contributed by atoms with Gasteiger partial charge in [0.1, 0.15) is 6.33 Å². The lowest BCUT2D eigenvalue weighted by molar-refractivity contribution is 0.415. The van der Waals surface area contributed by atoms with E-state index < -0.39 is 0 Å². The first-order valence-corrected chi connectivity index (χ1v) is 5.67. The number of nitrogens with zero attached hydrogens (tertiary/aromatic N) is 4. The quantitative estimate of drug-likeness (QED) is 0.734. The van der Waals surface area contributed by atoms with E-state index in [9.17, 15) is 0 Å². The number of nitrogens with two attached hydrogens (primary N) is 1. The molecular weight excluding hydrogens is 232 g/mol. The molecule has 0 fully saturated rings. The van der Waals surface area contributed by atoms with Crippen molar-refractivity contribution in [1.82, 2.24) is 19.7 Å². The van der Waals surface area contributed by atoms with E-state index in [0.717, 1.165) is 19.5 Å². The fourth-order valence-corrected chi connectivity index (χ4v) is 1.60. The van der Waals surface area contributed by atoms with E-state index in [1.807, 2.05) is 16.9 Å². The second-order valence-corrected chi connectivity index (χ2v) is 3.69. The van der Waals surface area contributed by atoms with Crippen molar-refractivity contribution < 1.29 is 4.74 Å². The molecule has 0 aromatic carbocycles. The average Bonchev–Trinajstić information content (AvgIpc) is 2.88. The molecule has 96 valence electrons.